The lowest BCUT2D eigenvalue weighted by Crippen LogP contribution is -2.29. The lowest BCUT2D eigenvalue weighted by atomic mass is 10.1. The third kappa shape index (κ3) is 6.15. The Hall–Kier alpha value is -3.37. The van der Waals surface area contributed by atoms with Gasteiger partial charge in [-0.05, 0) is 79.2 Å². The molecule has 1 aromatic heterocycles. The van der Waals surface area contributed by atoms with E-state index in [1.807, 2.05) is 24.3 Å². The number of thiophene rings is 1. The fourth-order valence-electron chi connectivity index (χ4n) is 3.62. The summed E-state index contributed by atoms with van der Waals surface area (Å²) in [6.07, 6.45) is 3.65. The number of esters is 1. The number of sulfonamides is 1. The molecule has 2 N–H and O–H groups in total. The number of nitrogens with one attached hydrogen (secondary N) is 2. The molecule has 0 aliphatic carbocycles. The van der Waals surface area contributed by atoms with E-state index in [-0.39, 0.29) is 9.77 Å². The van der Waals surface area contributed by atoms with Crippen molar-refractivity contribution >= 4 is 50.3 Å². The van der Waals surface area contributed by atoms with Crippen molar-refractivity contribution in [3.63, 3.8) is 0 Å². The van der Waals surface area contributed by atoms with Crippen LogP contribution in [0.3, 0.4) is 0 Å². The van der Waals surface area contributed by atoms with Gasteiger partial charge in [0.1, 0.15) is 4.21 Å². The molecule has 1 aliphatic rings. The first kappa shape index (κ1) is 23.8. The summed E-state index contributed by atoms with van der Waals surface area (Å²) >= 11 is 1.11. The number of hydrogen-bond donors (Lipinski definition) is 2. The van der Waals surface area contributed by atoms with Crippen molar-refractivity contribution in [1.82, 2.24) is 0 Å². The van der Waals surface area contributed by atoms with Crippen molar-refractivity contribution in [3.05, 3.63) is 71.6 Å². The molecule has 0 unspecified atom stereocenters. The lowest BCUT2D eigenvalue weighted by Gasteiger charge is -2.28. The topological polar surface area (TPSA) is 105 Å². The molecule has 0 radical (unpaired) electrons. The second-order valence-corrected chi connectivity index (χ2v) is 10.7. The molecular weight excluding hydrogens is 474 g/mol. The van der Waals surface area contributed by atoms with Crippen LogP contribution in [-0.2, 0) is 19.6 Å². The van der Waals surface area contributed by atoms with Crippen LogP contribution in [0.5, 0.6) is 0 Å². The van der Waals surface area contributed by atoms with Gasteiger partial charge in [-0.2, -0.15) is 0 Å². The Kier molecular flexibility index (Phi) is 7.49. The number of hydrogen-bond acceptors (Lipinski definition) is 7. The summed E-state index contributed by atoms with van der Waals surface area (Å²) in [6.45, 7) is 1.66. The summed E-state index contributed by atoms with van der Waals surface area (Å²) in [4.78, 5) is 26.8. The first-order valence-electron chi connectivity index (χ1n) is 10.9. The van der Waals surface area contributed by atoms with Crippen LogP contribution in [-0.4, -0.2) is 40.0 Å². The summed E-state index contributed by atoms with van der Waals surface area (Å²) < 4.78 is 32.3. The Balaban J connectivity index is 1.25. The van der Waals surface area contributed by atoms with Crippen LogP contribution in [0.25, 0.3) is 0 Å². The van der Waals surface area contributed by atoms with Crippen LogP contribution in [0.15, 0.2) is 70.3 Å². The summed E-state index contributed by atoms with van der Waals surface area (Å²) in [5.74, 6) is -1.12. The molecule has 1 amide bonds. The van der Waals surface area contributed by atoms with Crippen LogP contribution in [0, 0.1) is 0 Å². The third-order valence-corrected chi connectivity index (χ3v) is 8.12. The zero-order chi connectivity index (χ0) is 24.0. The molecule has 0 atom stereocenters. The predicted octanol–water partition coefficient (Wildman–Crippen LogP) is 4.33. The van der Waals surface area contributed by atoms with Gasteiger partial charge in [0.2, 0.25) is 0 Å². The number of amides is 1. The van der Waals surface area contributed by atoms with Gasteiger partial charge in [-0.15, -0.1) is 11.3 Å². The summed E-state index contributed by atoms with van der Waals surface area (Å²) in [5.41, 5.74) is 2.28. The van der Waals surface area contributed by atoms with Gasteiger partial charge in [0, 0.05) is 30.2 Å². The van der Waals surface area contributed by atoms with Crippen molar-refractivity contribution in [3.8, 4) is 0 Å². The fourth-order valence-corrected chi connectivity index (χ4v) is 5.67. The highest BCUT2D eigenvalue weighted by atomic mass is 32.2. The van der Waals surface area contributed by atoms with E-state index >= 15 is 0 Å². The Bertz CT molecular complexity index is 1220. The van der Waals surface area contributed by atoms with Gasteiger partial charge >= 0.3 is 5.97 Å². The van der Waals surface area contributed by atoms with E-state index in [2.05, 4.69) is 14.9 Å². The average molecular weight is 500 g/mol. The number of carbonyl (C=O) groups is 2. The number of ether oxygens (including phenoxy) is 1. The van der Waals surface area contributed by atoms with Crippen molar-refractivity contribution in [1.29, 1.82) is 0 Å². The van der Waals surface area contributed by atoms with Crippen LogP contribution in [0.4, 0.5) is 17.1 Å². The highest BCUT2D eigenvalue weighted by Gasteiger charge is 2.16. The zero-order valence-corrected chi connectivity index (χ0v) is 20.0. The standard InChI is InChI=1S/C24H25N3O5S2/c28-22(25-19-10-12-21(13-11-19)27-14-2-1-3-15-27)17-32-24(29)18-6-8-20(9-7-18)26-34(30,31)23-5-4-16-33-23/h4-13,16,26H,1-3,14-15,17H2,(H,25,28). The van der Waals surface area contributed by atoms with Gasteiger partial charge in [-0.25, -0.2) is 13.2 Å². The van der Waals surface area contributed by atoms with Gasteiger partial charge in [0.05, 0.1) is 5.56 Å². The molecule has 2 heterocycles. The third-order valence-electron chi connectivity index (χ3n) is 5.34. The number of piperidine rings is 1. The molecule has 4 rings (SSSR count). The van der Waals surface area contributed by atoms with E-state index in [0.29, 0.717) is 11.4 Å². The van der Waals surface area contributed by atoms with E-state index < -0.39 is 28.5 Å². The van der Waals surface area contributed by atoms with E-state index in [0.717, 1.165) is 30.1 Å². The maximum atomic E-state index is 12.3. The minimum absolute atomic E-state index is 0.197. The fraction of sp³-hybridized carbons (Fsp3) is 0.250. The largest absolute Gasteiger partial charge is 0.452 e. The van der Waals surface area contributed by atoms with Crippen LogP contribution < -0.4 is 14.9 Å². The summed E-state index contributed by atoms with van der Waals surface area (Å²) in [5, 5.41) is 4.39. The molecular formula is C24H25N3O5S2. The second kappa shape index (κ2) is 10.7. The SMILES string of the molecule is O=C(COC(=O)c1ccc(NS(=O)(=O)c2cccs2)cc1)Nc1ccc(N2CCCCC2)cc1. The number of rotatable bonds is 8. The molecule has 1 saturated heterocycles. The minimum Gasteiger partial charge on any atom is -0.452 e. The van der Waals surface area contributed by atoms with E-state index in [4.69, 9.17) is 4.74 Å². The van der Waals surface area contributed by atoms with Crippen molar-refractivity contribution < 1.29 is 22.7 Å². The molecule has 34 heavy (non-hydrogen) atoms. The molecule has 0 bridgehead atoms. The normalized spacial score (nSPS) is 13.8. The average Bonchev–Trinajstić information content (AvgIpc) is 3.40. The summed E-state index contributed by atoms with van der Waals surface area (Å²) in [7, 11) is -3.67. The quantitative estimate of drug-likeness (QED) is 0.447. The lowest BCUT2D eigenvalue weighted by molar-refractivity contribution is -0.119. The molecule has 0 saturated carbocycles. The molecule has 0 spiro atoms. The van der Waals surface area contributed by atoms with Gasteiger partial charge in [0.15, 0.2) is 6.61 Å². The van der Waals surface area contributed by atoms with Crippen LogP contribution in [0.2, 0.25) is 0 Å². The Labute approximate surface area is 202 Å². The van der Waals surface area contributed by atoms with Crippen LogP contribution >= 0.6 is 11.3 Å². The number of nitrogens with zero attached hydrogens (tertiary/aromatic N) is 1. The van der Waals surface area contributed by atoms with Gasteiger partial charge in [-0.1, -0.05) is 6.07 Å². The first-order valence-corrected chi connectivity index (χ1v) is 13.3. The molecule has 3 aromatic rings. The Morgan fingerprint density at radius 2 is 1.59 bits per heavy atom. The van der Waals surface area contributed by atoms with E-state index in [9.17, 15) is 18.0 Å². The molecule has 1 aliphatic heterocycles. The minimum atomic E-state index is -3.67. The maximum absolute atomic E-state index is 12.3. The summed E-state index contributed by atoms with van der Waals surface area (Å²) in [6, 6.07) is 16.6. The molecule has 2 aromatic carbocycles. The number of benzene rings is 2. The molecule has 1 fully saturated rings. The van der Waals surface area contributed by atoms with Gasteiger partial charge in [0.25, 0.3) is 15.9 Å². The second-order valence-electron chi connectivity index (χ2n) is 7.83. The number of anilines is 3. The monoisotopic (exact) mass is 499 g/mol. The van der Waals surface area contributed by atoms with Crippen molar-refractivity contribution in [2.45, 2.75) is 23.5 Å². The first-order chi connectivity index (χ1) is 16.4. The maximum Gasteiger partial charge on any atom is 0.338 e. The zero-order valence-electron chi connectivity index (χ0n) is 18.4. The predicted molar refractivity (Wildman–Crippen MR) is 133 cm³/mol. The van der Waals surface area contributed by atoms with Gasteiger partial charge < -0.3 is 15.0 Å². The smallest absolute Gasteiger partial charge is 0.338 e. The van der Waals surface area contributed by atoms with Gasteiger partial charge in [-0.3, -0.25) is 9.52 Å². The Morgan fingerprint density at radius 3 is 2.24 bits per heavy atom. The highest BCUT2D eigenvalue weighted by Crippen LogP contribution is 2.22. The molecule has 10 heteroatoms. The number of carbonyl (C=O) groups excluding carboxylic acids is 2. The van der Waals surface area contributed by atoms with E-state index in [1.165, 1.54) is 49.6 Å². The molecule has 178 valence electrons. The van der Waals surface area contributed by atoms with Crippen molar-refractivity contribution in [2.75, 3.05) is 34.6 Å². The Morgan fingerprint density at radius 1 is 0.912 bits per heavy atom. The van der Waals surface area contributed by atoms with Crippen LogP contribution in [0.1, 0.15) is 29.6 Å². The highest BCUT2D eigenvalue weighted by molar-refractivity contribution is 7.94. The van der Waals surface area contributed by atoms with E-state index in [1.54, 1.807) is 11.4 Å². The molecule has 8 nitrogen and oxygen atoms in total. The van der Waals surface area contributed by atoms with Crippen molar-refractivity contribution in [2.24, 2.45) is 0 Å².